The fourth-order valence-electron chi connectivity index (χ4n) is 3.68. The van der Waals surface area contributed by atoms with E-state index in [0.717, 1.165) is 30.5 Å². The normalized spacial score (nSPS) is 18.9. The topological polar surface area (TPSA) is 72.9 Å². The van der Waals surface area contributed by atoms with Crippen LogP contribution in [0.15, 0.2) is 47.4 Å². The third-order valence-electron chi connectivity index (χ3n) is 5.13. The summed E-state index contributed by atoms with van der Waals surface area (Å²) >= 11 is 0. The first-order chi connectivity index (χ1) is 13.9. The van der Waals surface area contributed by atoms with E-state index in [9.17, 15) is 22.0 Å². The van der Waals surface area contributed by atoms with Gasteiger partial charge in [0.2, 0.25) is 9.84 Å². The Kier molecular flexibility index (Phi) is 5.16. The maximum Gasteiger partial charge on any atom is 0.341 e. The molecule has 1 atom stereocenters. The van der Waals surface area contributed by atoms with Gasteiger partial charge in [-0.2, -0.15) is 8.78 Å². The van der Waals surface area contributed by atoms with Crippen LogP contribution in [0.5, 0.6) is 11.5 Å². The summed E-state index contributed by atoms with van der Waals surface area (Å²) in [6.45, 7) is 1.52. The maximum atomic E-state index is 13.0. The van der Waals surface area contributed by atoms with Crippen LogP contribution in [-0.2, 0) is 9.84 Å². The lowest BCUT2D eigenvalue weighted by atomic mass is 10.0. The van der Waals surface area contributed by atoms with E-state index in [0.29, 0.717) is 31.3 Å². The second-order valence-corrected chi connectivity index (χ2v) is 8.81. The summed E-state index contributed by atoms with van der Waals surface area (Å²) < 4.78 is 59.6. The molecule has 6 nitrogen and oxygen atoms in total. The van der Waals surface area contributed by atoms with E-state index in [1.807, 2.05) is 18.2 Å². The Hall–Kier alpha value is -2.68. The van der Waals surface area contributed by atoms with Crippen LogP contribution < -0.4 is 9.47 Å². The maximum absolute atomic E-state index is 13.0. The number of hydrogen-bond donors (Lipinski definition) is 0. The van der Waals surface area contributed by atoms with E-state index in [4.69, 9.17) is 9.47 Å². The predicted octanol–water partition coefficient (Wildman–Crippen LogP) is 3.43. The Morgan fingerprint density at radius 2 is 1.72 bits per heavy atom. The van der Waals surface area contributed by atoms with Gasteiger partial charge in [-0.25, -0.2) is 8.42 Å². The van der Waals surface area contributed by atoms with Crippen molar-refractivity contribution in [1.29, 1.82) is 0 Å². The van der Waals surface area contributed by atoms with Gasteiger partial charge in [0.1, 0.15) is 13.2 Å². The van der Waals surface area contributed by atoms with Crippen molar-refractivity contribution >= 4 is 15.7 Å². The largest absolute Gasteiger partial charge is 0.486 e. The quantitative estimate of drug-likeness (QED) is 0.753. The monoisotopic (exact) mass is 423 g/mol. The fourth-order valence-corrected chi connectivity index (χ4v) is 4.40. The third kappa shape index (κ3) is 3.66. The van der Waals surface area contributed by atoms with Gasteiger partial charge in [-0.3, -0.25) is 4.79 Å². The Balaban J connectivity index is 1.57. The standard InChI is InChI=1S/C20H19F2NO5S/c21-20(22)29(25,26)15-6-3-13(4-7-15)19(24)23-9-1-2-16(23)14-5-8-17-18(12-14)28-11-10-27-17/h3-8,12,16,20H,1-2,9-11H2/t16-/m1/s1. The Morgan fingerprint density at radius 3 is 2.41 bits per heavy atom. The van der Waals surface area contributed by atoms with Gasteiger partial charge in [0.05, 0.1) is 10.9 Å². The summed E-state index contributed by atoms with van der Waals surface area (Å²) in [5, 5.41) is 0. The second kappa shape index (κ2) is 7.62. The molecule has 0 saturated carbocycles. The molecule has 0 aliphatic carbocycles. The van der Waals surface area contributed by atoms with Gasteiger partial charge in [0, 0.05) is 12.1 Å². The summed E-state index contributed by atoms with van der Waals surface area (Å²) in [6.07, 6.45) is 1.60. The number of fused-ring (bicyclic) bond motifs is 1. The summed E-state index contributed by atoms with van der Waals surface area (Å²) in [6, 6.07) is 10.1. The number of ether oxygens (including phenoxy) is 2. The molecule has 0 spiro atoms. The highest BCUT2D eigenvalue weighted by Gasteiger charge is 2.32. The number of rotatable bonds is 4. The van der Waals surface area contributed by atoms with E-state index in [-0.39, 0.29) is 17.5 Å². The van der Waals surface area contributed by atoms with Gasteiger partial charge < -0.3 is 14.4 Å². The molecule has 9 heteroatoms. The molecule has 1 fully saturated rings. The highest BCUT2D eigenvalue weighted by atomic mass is 32.2. The zero-order chi connectivity index (χ0) is 20.6. The second-order valence-electron chi connectivity index (χ2n) is 6.89. The molecule has 4 rings (SSSR count). The molecule has 0 bridgehead atoms. The van der Waals surface area contributed by atoms with Gasteiger partial charge in [0.15, 0.2) is 11.5 Å². The lowest BCUT2D eigenvalue weighted by molar-refractivity contribution is 0.0735. The van der Waals surface area contributed by atoms with Crippen LogP contribution in [0.4, 0.5) is 8.78 Å². The molecule has 0 aromatic heterocycles. The van der Waals surface area contributed by atoms with Gasteiger partial charge >= 0.3 is 5.76 Å². The van der Waals surface area contributed by atoms with Crippen LogP contribution in [0.25, 0.3) is 0 Å². The van der Waals surface area contributed by atoms with Crippen molar-refractivity contribution in [1.82, 2.24) is 4.90 Å². The number of benzene rings is 2. The first-order valence-electron chi connectivity index (χ1n) is 9.20. The molecule has 1 saturated heterocycles. The Bertz CT molecular complexity index is 1020. The van der Waals surface area contributed by atoms with Gasteiger partial charge in [-0.1, -0.05) is 6.07 Å². The van der Waals surface area contributed by atoms with E-state index in [2.05, 4.69) is 0 Å². The van der Waals surface area contributed by atoms with E-state index >= 15 is 0 Å². The molecule has 2 heterocycles. The minimum Gasteiger partial charge on any atom is -0.486 e. The first-order valence-corrected chi connectivity index (χ1v) is 10.7. The van der Waals surface area contributed by atoms with E-state index in [1.165, 1.54) is 12.1 Å². The number of halogens is 2. The molecule has 154 valence electrons. The van der Waals surface area contributed by atoms with Crippen molar-refractivity contribution in [2.24, 2.45) is 0 Å². The van der Waals surface area contributed by atoms with Crippen molar-refractivity contribution < 1.29 is 31.5 Å². The van der Waals surface area contributed by atoms with Crippen LogP contribution >= 0.6 is 0 Å². The fraction of sp³-hybridized carbons (Fsp3) is 0.350. The lowest BCUT2D eigenvalue weighted by Gasteiger charge is -2.27. The number of sulfone groups is 1. The number of alkyl halides is 2. The van der Waals surface area contributed by atoms with E-state index < -0.39 is 20.5 Å². The number of nitrogens with zero attached hydrogens (tertiary/aromatic N) is 1. The molecule has 0 unspecified atom stereocenters. The smallest absolute Gasteiger partial charge is 0.341 e. The Morgan fingerprint density at radius 1 is 1.03 bits per heavy atom. The number of likely N-dealkylation sites (tertiary alicyclic amines) is 1. The highest BCUT2D eigenvalue weighted by molar-refractivity contribution is 7.91. The summed E-state index contributed by atoms with van der Waals surface area (Å²) in [7, 11) is -4.68. The first kappa shape index (κ1) is 19.6. The molecule has 0 radical (unpaired) electrons. The van der Waals surface area contributed by atoms with Crippen LogP contribution in [-0.4, -0.2) is 44.7 Å². The molecular weight excluding hydrogens is 404 g/mol. The van der Waals surface area contributed by atoms with Crippen molar-refractivity contribution in [3.63, 3.8) is 0 Å². The molecule has 2 aromatic carbocycles. The zero-order valence-electron chi connectivity index (χ0n) is 15.4. The Labute approximate surface area is 167 Å². The van der Waals surface area contributed by atoms with Crippen molar-refractivity contribution in [3.05, 3.63) is 53.6 Å². The average Bonchev–Trinajstić information content (AvgIpc) is 3.22. The highest BCUT2D eigenvalue weighted by Crippen LogP contribution is 2.38. The van der Waals surface area contributed by atoms with Crippen LogP contribution in [0, 0.1) is 0 Å². The number of amides is 1. The lowest BCUT2D eigenvalue weighted by Crippen LogP contribution is -2.30. The van der Waals surface area contributed by atoms with Crippen molar-refractivity contribution in [2.75, 3.05) is 19.8 Å². The summed E-state index contributed by atoms with van der Waals surface area (Å²) in [4.78, 5) is 14.2. The molecule has 29 heavy (non-hydrogen) atoms. The van der Waals surface area contributed by atoms with Crippen molar-refractivity contribution in [2.45, 2.75) is 29.5 Å². The minimum atomic E-state index is -4.68. The molecule has 2 aliphatic heterocycles. The number of hydrogen-bond acceptors (Lipinski definition) is 5. The molecule has 1 amide bonds. The molecule has 0 N–H and O–H groups in total. The van der Waals surface area contributed by atoms with Crippen LogP contribution in [0.1, 0.15) is 34.8 Å². The van der Waals surface area contributed by atoms with Crippen LogP contribution in [0.3, 0.4) is 0 Å². The van der Waals surface area contributed by atoms with Gasteiger partial charge in [-0.05, 0) is 54.8 Å². The molecule has 2 aromatic rings. The summed E-state index contributed by atoms with van der Waals surface area (Å²) in [5.74, 6) is -2.45. The van der Waals surface area contributed by atoms with Gasteiger partial charge in [0.25, 0.3) is 5.91 Å². The predicted molar refractivity (Wildman–Crippen MR) is 100 cm³/mol. The molecule has 2 aliphatic rings. The minimum absolute atomic E-state index is 0.150. The average molecular weight is 423 g/mol. The van der Waals surface area contributed by atoms with Crippen molar-refractivity contribution in [3.8, 4) is 11.5 Å². The SMILES string of the molecule is O=C(c1ccc(S(=O)(=O)C(F)F)cc1)N1CCC[C@@H]1c1ccc2c(c1)OCCO2. The molecular formula is C20H19F2NO5S. The van der Waals surface area contributed by atoms with Gasteiger partial charge in [-0.15, -0.1) is 0 Å². The zero-order valence-corrected chi connectivity index (χ0v) is 16.2. The summed E-state index contributed by atoms with van der Waals surface area (Å²) in [5.41, 5.74) is 1.18. The number of carbonyl (C=O) groups is 1. The van der Waals surface area contributed by atoms with E-state index in [1.54, 1.807) is 4.90 Å². The number of carbonyl (C=O) groups excluding carboxylic acids is 1. The van der Waals surface area contributed by atoms with Crippen LogP contribution in [0.2, 0.25) is 0 Å². The third-order valence-corrected chi connectivity index (χ3v) is 6.53.